The van der Waals surface area contributed by atoms with Crippen LogP contribution in [-0.2, 0) is 4.74 Å². The number of hydrogen-bond acceptors (Lipinski definition) is 4. The van der Waals surface area contributed by atoms with E-state index in [2.05, 4.69) is 17.1 Å². The number of morpholine rings is 1. The zero-order valence-corrected chi connectivity index (χ0v) is 10.8. The highest BCUT2D eigenvalue weighted by Crippen LogP contribution is 2.07. The Bertz CT molecular complexity index is 191. The van der Waals surface area contributed by atoms with Crippen molar-refractivity contribution in [2.24, 2.45) is 0 Å². The van der Waals surface area contributed by atoms with Crippen LogP contribution in [0.15, 0.2) is 0 Å². The van der Waals surface area contributed by atoms with Crippen LogP contribution in [0.3, 0.4) is 0 Å². The number of aliphatic hydroxyl groups is 1. The van der Waals surface area contributed by atoms with Crippen molar-refractivity contribution in [2.45, 2.75) is 38.8 Å². The molecule has 4 nitrogen and oxygen atoms in total. The number of hydrogen-bond donors (Lipinski definition) is 2. The summed E-state index contributed by atoms with van der Waals surface area (Å²) in [4.78, 5) is 2.40. The summed E-state index contributed by atoms with van der Waals surface area (Å²) in [5.41, 5.74) is -0.584. The third-order valence-electron chi connectivity index (χ3n) is 3.23. The number of rotatable bonds is 6. The maximum Gasteiger partial charge on any atom is 0.0741 e. The van der Waals surface area contributed by atoms with Crippen LogP contribution in [-0.4, -0.2) is 61.0 Å². The molecule has 2 atom stereocenters. The molecule has 0 radical (unpaired) electrons. The van der Waals surface area contributed by atoms with Crippen molar-refractivity contribution in [3.63, 3.8) is 0 Å². The van der Waals surface area contributed by atoms with E-state index < -0.39 is 5.60 Å². The molecule has 96 valence electrons. The maximum absolute atomic E-state index is 9.88. The standard InChI is InChI=1S/C12H26N2O2/c1-4-12(3,15)10-13-11(2)9-14-5-7-16-8-6-14/h11,13,15H,4-10H2,1-3H3. The summed E-state index contributed by atoms with van der Waals surface area (Å²) < 4.78 is 5.31. The quantitative estimate of drug-likeness (QED) is 0.696. The van der Waals surface area contributed by atoms with E-state index in [9.17, 15) is 5.11 Å². The Hall–Kier alpha value is -0.160. The minimum Gasteiger partial charge on any atom is -0.389 e. The van der Waals surface area contributed by atoms with Gasteiger partial charge in [0.05, 0.1) is 18.8 Å². The monoisotopic (exact) mass is 230 g/mol. The van der Waals surface area contributed by atoms with Gasteiger partial charge in [-0.2, -0.15) is 0 Å². The third kappa shape index (κ3) is 5.25. The second kappa shape index (κ2) is 6.55. The molecule has 4 heteroatoms. The van der Waals surface area contributed by atoms with Gasteiger partial charge in [-0.25, -0.2) is 0 Å². The van der Waals surface area contributed by atoms with Crippen LogP contribution < -0.4 is 5.32 Å². The Labute approximate surface area is 99.0 Å². The topological polar surface area (TPSA) is 44.7 Å². The average molecular weight is 230 g/mol. The molecule has 16 heavy (non-hydrogen) atoms. The molecular weight excluding hydrogens is 204 g/mol. The van der Waals surface area contributed by atoms with Gasteiger partial charge in [0.15, 0.2) is 0 Å². The van der Waals surface area contributed by atoms with E-state index in [-0.39, 0.29) is 0 Å². The molecule has 0 aliphatic carbocycles. The molecule has 1 rings (SSSR count). The number of nitrogens with one attached hydrogen (secondary N) is 1. The minimum atomic E-state index is -0.584. The van der Waals surface area contributed by atoms with E-state index in [1.54, 1.807) is 0 Å². The van der Waals surface area contributed by atoms with Crippen molar-refractivity contribution in [1.82, 2.24) is 10.2 Å². The highest BCUT2D eigenvalue weighted by Gasteiger charge is 2.19. The first-order valence-electron chi connectivity index (χ1n) is 6.29. The fourth-order valence-electron chi connectivity index (χ4n) is 1.75. The molecule has 0 aromatic rings. The lowest BCUT2D eigenvalue weighted by molar-refractivity contribution is 0.0286. The van der Waals surface area contributed by atoms with Gasteiger partial charge < -0.3 is 15.2 Å². The second-order valence-corrected chi connectivity index (χ2v) is 5.05. The summed E-state index contributed by atoms with van der Waals surface area (Å²) in [6, 6.07) is 0.413. The lowest BCUT2D eigenvalue weighted by atomic mass is 10.0. The van der Waals surface area contributed by atoms with Gasteiger partial charge in [0.25, 0.3) is 0 Å². The van der Waals surface area contributed by atoms with E-state index in [0.29, 0.717) is 12.6 Å². The van der Waals surface area contributed by atoms with Crippen LogP contribution in [0.5, 0.6) is 0 Å². The van der Waals surface area contributed by atoms with Crippen LogP contribution >= 0.6 is 0 Å². The van der Waals surface area contributed by atoms with Crippen molar-refractivity contribution in [1.29, 1.82) is 0 Å². The molecule has 0 aromatic carbocycles. The normalized spacial score (nSPS) is 24.0. The molecule has 2 N–H and O–H groups in total. The Morgan fingerprint density at radius 3 is 2.62 bits per heavy atom. The van der Waals surface area contributed by atoms with Crippen LogP contribution in [0.2, 0.25) is 0 Å². The minimum absolute atomic E-state index is 0.413. The zero-order valence-electron chi connectivity index (χ0n) is 10.8. The number of nitrogens with zero attached hydrogens (tertiary/aromatic N) is 1. The summed E-state index contributed by atoms with van der Waals surface area (Å²) in [6.45, 7) is 11.5. The van der Waals surface area contributed by atoms with Crippen LogP contribution in [0.4, 0.5) is 0 Å². The van der Waals surface area contributed by atoms with Gasteiger partial charge >= 0.3 is 0 Å². The lowest BCUT2D eigenvalue weighted by Crippen LogP contribution is -2.48. The Kier molecular flexibility index (Phi) is 5.69. The Morgan fingerprint density at radius 1 is 1.44 bits per heavy atom. The van der Waals surface area contributed by atoms with Gasteiger partial charge in [-0.3, -0.25) is 4.90 Å². The van der Waals surface area contributed by atoms with Gasteiger partial charge in [-0.15, -0.1) is 0 Å². The fraction of sp³-hybridized carbons (Fsp3) is 1.00. The molecular formula is C12H26N2O2. The van der Waals surface area contributed by atoms with E-state index in [4.69, 9.17) is 4.74 Å². The molecule has 1 fully saturated rings. The molecule has 0 spiro atoms. The first kappa shape index (κ1) is 13.9. The summed E-state index contributed by atoms with van der Waals surface area (Å²) in [6.07, 6.45) is 0.782. The lowest BCUT2D eigenvalue weighted by Gasteiger charge is -2.31. The van der Waals surface area contributed by atoms with Gasteiger partial charge in [-0.1, -0.05) is 6.92 Å². The smallest absolute Gasteiger partial charge is 0.0741 e. The van der Waals surface area contributed by atoms with Gasteiger partial charge in [0.1, 0.15) is 0 Å². The summed E-state index contributed by atoms with van der Waals surface area (Å²) in [5.74, 6) is 0. The fourth-order valence-corrected chi connectivity index (χ4v) is 1.75. The van der Waals surface area contributed by atoms with E-state index in [1.807, 2.05) is 13.8 Å². The molecule has 2 unspecified atom stereocenters. The third-order valence-corrected chi connectivity index (χ3v) is 3.23. The van der Waals surface area contributed by atoms with Crippen LogP contribution in [0.25, 0.3) is 0 Å². The van der Waals surface area contributed by atoms with E-state index >= 15 is 0 Å². The summed E-state index contributed by atoms with van der Waals surface area (Å²) in [7, 11) is 0. The maximum atomic E-state index is 9.88. The van der Waals surface area contributed by atoms with Crippen molar-refractivity contribution in [2.75, 3.05) is 39.4 Å². The Balaban J connectivity index is 2.17. The second-order valence-electron chi connectivity index (χ2n) is 5.05. The first-order chi connectivity index (χ1) is 7.53. The Morgan fingerprint density at radius 2 is 2.06 bits per heavy atom. The summed E-state index contributed by atoms with van der Waals surface area (Å²) >= 11 is 0. The molecule has 0 bridgehead atoms. The molecule has 0 aromatic heterocycles. The van der Waals surface area contributed by atoms with Gasteiger partial charge in [0.2, 0.25) is 0 Å². The average Bonchev–Trinajstić information content (AvgIpc) is 2.28. The highest BCUT2D eigenvalue weighted by atomic mass is 16.5. The van der Waals surface area contributed by atoms with Gasteiger partial charge in [-0.05, 0) is 20.3 Å². The predicted molar refractivity (Wildman–Crippen MR) is 65.6 cm³/mol. The van der Waals surface area contributed by atoms with Crippen molar-refractivity contribution >= 4 is 0 Å². The highest BCUT2D eigenvalue weighted by molar-refractivity contribution is 4.77. The van der Waals surface area contributed by atoms with Crippen LogP contribution in [0.1, 0.15) is 27.2 Å². The molecule has 1 aliphatic rings. The van der Waals surface area contributed by atoms with E-state index in [1.165, 1.54) is 0 Å². The zero-order chi connectivity index (χ0) is 12.0. The van der Waals surface area contributed by atoms with Crippen molar-refractivity contribution in [3.05, 3.63) is 0 Å². The molecule has 1 saturated heterocycles. The molecule has 0 amide bonds. The molecule has 0 saturated carbocycles. The predicted octanol–water partition coefficient (Wildman–Crippen LogP) is 0.458. The van der Waals surface area contributed by atoms with Crippen molar-refractivity contribution < 1.29 is 9.84 Å². The summed E-state index contributed by atoms with van der Waals surface area (Å²) in [5, 5.41) is 13.3. The molecule has 1 aliphatic heterocycles. The molecule has 1 heterocycles. The largest absolute Gasteiger partial charge is 0.389 e. The number of ether oxygens (including phenoxy) is 1. The van der Waals surface area contributed by atoms with Crippen LogP contribution in [0, 0.1) is 0 Å². The van der Waals surface area contributed by atoms with Crippen molar-refractivity contribution in [3.8, 4) is 0 Å². The first-order valence-corrected chi connectivity index (χ1v) is 6.29. The van der Waals surface area contributed by atoms with Gasteiger partial charge in [0, 0.05) is 32.2 Å². The van der Waals surface area contributed by atoms with E-state index in [0.717, 1.165) is 39.3 Å². The SMILES string of the molecule is CCC(C)(O)CNC(C)CN1CCOCC1.